The summed E-state index contributed by atoms with van der Waals surface area (Å²) in [5.41, 5.74) is 4.44. The molecule has 4 aromatic rings. The van der Waals surface area contributed by atoms with Crippen molar-refractivity contribution in [3.63, 3.8) is 0 Å². The normalized spacial score (nSPS) is 10.8. The molecule has 2 aromatic heterocycles. The van der Waals surface area contributed by atoms with Crippen LogP contribution < -0.4 is 0 Å². The highest BCUT2D eigenvalue weighted by molar-refractivity contribution is 6.12. The van der Waals surface area contributed by atoms with Crippen molar-refractivity contribution in [2.24, 2.45) is 0 Å². The minimum absolute atomic E-state index is 0.0376. The van der Waals surface area contributed by atoms with Gasteiger partial charge in [0.05, 0.1) is 0 Å². The third kappa shape index (κ3) is 2.34. The average molecular weight is 297 g/mol. The van der Waals surface area contributed by atoms with Crippen LogP contribution in [-0.4, -0.2) is 10.2 Å². The third-order valence-electron chi connectivity index (χ3n) is 4.02. The number of carbonyl (C=O) groups excluding carboxylic acids is 1. The Hall–Kier alpha value is -3.13. The fourth-order valence-electron chi connectivity index (χ4n) is 2.92. The smallest absolute Gasteiger partial charge is 0.210 e. The first-order valence-corrected chi connectivity index (χ1v) is 7.60. The lowest BCUT2D eigenvalue weighted by atomic mass is 10.0. The minimum atomic E-state index is 0.0376. The highest BCUT2D eigenvalue weighted by atomic mass is 16.1. The van der Waals surface area contributed by atoms with Crippen LogP contribution >= 0.6 is 0 Å². The Balaban J connectivity index is 1.99. The van der Waals surface area contributed by atoms with Crippen molar-refractivity contribution in [2.75, 3.05) is 0 Å². The van der Waals surface area contributed by atoms with E-state index in [4.69, 9.17) is 0 Å². The Bertz CT molecular complexity index is 969. The van der Waals surface area contributed by atoms with E-state index in [-0.39, 0.29) is 5.78 Å². The van der Waals surface area contributed by atoms with E-state index in [1.54, 1.807) is 0 Å². The van der Waals surface area contributed by atoms with Crippen molar-refractivity contribution < 1.29 is 4.79 Å². The summed E-state index contributed by atoms with van der Waals surface area (Å²) in [6.45, 7) is 0. The lowest BCUT2D eigenvalue weighted by Crippen LogP contribution is -2.06. The van der Waals surface area contributed by atoms with Gasteiger partial charge in [0, 0.05) is 22.8 Å². The Labute approximate surface area is 134 Å². The van der Waals surface area contributed by atoms with Gasteiger partial charge in [-0.2, -0.15) is 0 Å². The second-order valence-electron chi connectivity index (χ2n) is 5.46. The van der Waals surface area contributed by atoms with Gasteiger partial charge in [0.1, 0.15) is 5.69 Å². The summed E-state index contributed by atoms with van der Waals surface area (Å²) in [6.07, 6.45) is 1.94. The maximum Gasteiger partial charge on any atom is 0.210 e. The number of benzene rings is 2. The standard InChI is InChI=1S/C21H15NO/c23-21(17-11-5-2-6-12-17)20-19(16-9-3-1-4-10-16)15-18-13-7-8-14-22(18)20/h1-15H. The molecular weight excluding hydrogens is 282 g/mol. The molecule has 2 heteroatoms. The van der Waals surface area contributed by atoms with Gasteiger partial charge < -0.3 is 4.40 Å². The first-order chi connectivity index (χ1) is 11.3. The van der Waals surface area contributed by atoms with Crippen LogP contribution in [0.3, 0.4) is 0 Å². The quantitative estimate of drug-likeness (QED) is 0.496. The molecule has 0 aliphatic carbocycles. The molecule has 0 unspecified atom stereocenters. The zero-order chi connectivity index (χ0) is 15.6. The number of hydrogen-bond acceptors (Lipinski definition) is 1. The molecule has 23 heavy (non-hydrogen) atoms. The van der Waals surface area contributed by atoms with Gasteiger partial charge in [0.2, 0.25) is 5.78 Å². The molecule has 2 nitrogen and oxygen atoms in total. The van der Waals surface area contributed by atoms with Gasteiger partial charge >= 0.3 is 0 Å². The largest absolute Gasteiger partial charge is 0.313 e. The van der Waals surface area contributed by atoms with Gasteiger partial charge in [-0.3, -0.25) is 4.79 Å². The molecule has 0 aliphatic heterocycles. The molecule has 0 atom stereocenters. The van der Waals surface area contributed by atoms with E-state index in [1.165, 1.54) is 0 Å². The number of nitrogens with zero attached hydrogens (tertiary/aromatic N) is 1. The molecule has 0 fully saturated rings. The minimum Gasteiger partial charge on any atom is -0.313 e. The summed E-state index contributed by atoms with van der Waals surface area (Å²) >= 11 is 0. The van der Waals surface area contributed by atoms with Crippen LogP contribution in [0, 0.1) is 0 Å². The third-order valence-corrected chi connectivity index (χ3v) is 4.02. The number of fused-ring (bicyclic) bond motifs is 1. The van der Waals surface area contributed by atoms with E-state index in [2.05, 4.69) is 6.07 Å². The lowest BCUT2D eigenvalue weighted by Gasteiger charge is -2.06. The van der Waals surface area contributed by atoms with Gasteiger partial charge in [-0.05, 0) is 23.8 Å². The fraction of sp³-hybridized carbons (Fsp3) is 0. The highest BCUT2D eigenvalue weighted by Gasteiger charge is 2.19. The van der Waals surface area contributed by atoms with Crippen molar-refractivity contribution in [1.29, 1.82) is 0 Å². The van der Waals surface area contributed by atoms with E-state index >= 15 is 0 Å². The van der Waals surface area contributed by atoms with Gasteiger partial charge in [0.25, 0.3) is 0 Å². The van der Waals surface area contributed by atoms with E-state index < -0.39 is 0 Å². The molecule has 0 saturated carbocycles. The predicted octanol–water partition coefficient (Wildman–Crippen LogP) is 4.84. The van der Waals surface area contributed by atoms with E-state index in [9.17, 15) is 4.79 Å². The predicted molar refractivity (Wildman–Crippen MR) is 92.7 cm³/mol. The summed E-state index contributed by atoms with van der Waals surface area (Å²) in [6, 6.07) is 27.5. The Morgan fingerprint density at radius 2 is 1.39 bits per heavy atom. The topological polar surface area (TPSA) is 21.5 Å². The van der Waals surface area contributed by atoms with E-state index in [0.717, 1.165) is 16.6 Å². The van der Waals surface area contributed by atoms with Crippen LogP contribution in [0.1, 0.15) is 16.1 Å². The molecule has 2 aromatic carbocycles. The van der Waals surface area contributed by atoms with Crippen molar-refractivity contribution in [2.45, 2.75) is 0 Å². The van der Waals surface area contributed by atoms with E-state index in [0.29, 0.717) is 11.3 Å². The van der Waals surface area contributed by atoms with Crippen LogP contribution in [0.5, 0.6) is 0 Å². The zero-order valence-corrected chi connectivity index (χ0v) is 12.5. The van der Waals surface area contributed by atoms with Crippen molar-refractivity contribution in [3.05, 3.63) is 102 Å². The first-order valence-electron chi connectivity index (χ1n) is 7.60. The molecule has 0 bridgehead atoms. The van der Waals surface area contributed by atoms with Crippen LogP contribution in [0.4, 0.5) is 0 Å². The van der Waals surface area contributed by atoms with Gasteiger partial charge in [-0.1, -0.05) is 66.7 Å². The molecule has 0 aliphatic rings. The fourth-order valence-corrected chi connectivity index (χ4v) is 2.92. The summed E-state index contributed by atoms with van der Waals surface area (Å²) < 4.78 is 1.97. The summed E-state index contributed by atoms with van der Waals surface area (Å²) in [4.78, 5) is 13.1. The Kier molecular flexibility index (Phi) is 3.28. The summed E-state index contributed by atoms with van der Waals surface area (Å²) in [5.74, 6) is 0.0376. The van der Waals surface area contributed by atoms with Crippen LogP contribution in [0.2, 0.25) is 0 Å². The highest BCUT2D eigenvalue weighted by Crippen LogP contribution is 2.29. The molecule has 2 heterocycles. The molecule has 0 N–H and O–H groups in total. The summed E-state index contributed by atoms with van der Waals surface area (Å²) in [7, 11) is 0. The SMILES string of the molecule is O=C(c1ccccc1)c1c(-c2ccccc2)cc2ccccn12. The van der Waals surface area contributed by atoms with Gasteiger partial charge in [-0.25, -0.2) is 0 Å². The maximum absolute atomic E-state index is 13.1. The number of carbonyl (C=O) groups is 1. The number of pyridine rings is 1. The first kappa shape index (κ1) is 13.5. The van der Waals surface area contributed by atoms with Crippen molar-refractivity contribution >= 4 is 11.3 Å². The Morgan fingerprint density at radius 1 is 0.739 bits per heavy atom. The number of rotatable bonds is 3. The maximum atomic E-state index is 13.1. The average Bonchev–Trinajstić information content (AvgIpc) is 3.02. The van der Waals surface area contributed by atoms with Gasteiger partial charge in [0.15, 0.2) is 0 Å². The molecule has 110 valence electrons. The number of ketones is 1. The second-order valence-corrected chi connectivity index (χ2v) is 5.46. The lowest BCUT2D eigenvalue weighted by molar-refractivity contribution is 0.103. The van der Waals surface area contributed by atoms with Crippen molar-refractivity contribution in [1.82, 2.24) is 4.40 Å². The molecular formula is C21H15NO. The zero-order valence-electron chi connectivity index (χ0n) is 12.5. The monoisotopic (exact) mass is 297 g/mol. The molecule has 0 saturated heterocycles. The van der Waals surface area contributed by atoms with Crippen LogP contribution in [0.15, 0.2) is 91.1 Å². The van der Waals surface area contributed by atoms with Gasteiger partial charge in [-0.15, -0.1) is 0 Å². The van der Waals surface area contributed by atoms with Crippen LogP contribution in [0.25, 0.3) is 16.6 Å². The van der Waals surface area contributed by atoms with Crippen molar-refractivity contribution in [3.8, 4) is 11.1 Å². The number of aromatic nitrogens is 1. The molecule has 0 spiro atoms. The number of hydrogen-bond donors (Lipinski definition) is 0. The molecule has 4 rings (SSSR count). The van der Waals surface area contributed by atoms with Crippen LogP contribution in [-0.2, 0) is 0 Å². The Morgan fingerprint density at radius 3 is 2.13 bits per heavy atom. The van der Waals surface area contributed by atoms with E-state index in [1.807, 2.05) is 89.5 Å². The molecule has 0 amide bonds. The molecule has 0 radical (unpaired) electrons. The summed E-state index contributed by atoms with van der Waals surface area (Å²) in [5, 5.41) is 0. The second kappa shape index (κ2) is 5.58.